The van der Waals surface area contributed by atoms with Crippen LogP contribution in [-0.4, -0.2) is 22.5 Å². The Morgan fingerprint density at radius 2 is 1.76 bits per heavy atom. The van der Waals surface area contributed by atoms with Gasteiger partial charge in [0, 0.05) is 10.6 Å². The number of hydrogen-bond donors (Lipinski definition) is 3. The summed E-state index contributed by atoms with van der Waals surface area (Å²) in [4.78, 5) is 0. The van der Waals surface area contributed by atoms with Gasteiger partial charge in [0.2, 0.25) is 0 Å². The van der Waals surface area contributed by atoms with Crippen LogP contribution in [0, 0.1) is 0 Å². The lowest BCUT2D eigenvalue weighted by molar-refractivity contribution is -0.210. The maximum absolute atomic E-state index is 12.2. The first-order chi connectivity index (χ1) is 7.64. The molecule has 0 bridgehead atoms. The van der Waals surface area contributed by atoms with Crippen molar-refractivity contribution in [3.05, 3.63) is 27.7 Å². The van der Waals surface area contributed by atoms with E-state index in [2.05, 4.69) is 0 Å². The molecule has 0 aliphatic rings. The van der Waals surface area contributed by atoms with Gasteiger partial charge in [-0.1, -0.05) is 23.2 Å². The Morgan fingerprint density at radius 1 is 1.24 bits per heavy atom. The molecule has 0 aliphatic heterocycles. The van der Waals surface area contributed by atoms with Crippen LogP contribution in [0.4, 0.5) is 13.2 Å². The number of phenolic OH excluding ortho intramolecular Hbond substituents is 1. The zero-order chi connectivity index (χ0) is 13.4. The molecule has 1 aromatic rings. The molecule has 17 heavy (non-hydrogen) atoms. The van der Waals surface area contributed by atoms with Gasteiger partial charge in [0.1, 0.15) is 5.75 Å². The highest BCUT2D eigenvalue weighted by Gasteiger charge is 2.43. The minimum atomic E-state index is -4.90. The molecule has 1 rings (SSSR count). The number of aromatic hydroxyl groups is 1. The molecule has 0 radical (unpaired) electrons. The Balaban J connectivity index is 3.17. The summed E-state index contributed by atoms with van der Waals surface area (Å²) in [6, 6.07) is 0.294. The summed E-state index contributed by atoms with van der Waals surface area (Å²) < 4.78 is 36.7. The smallest absolute Gasteiger partial charge is 0.416 e. The number of phenols is 1. The molecule has 96 valence electrons. The van der Waals surface area contributed by atoms with E-state index in [9.17, 15) is 18.3 Å². The van der Waals surface area contributed by atoms with Crippen LogP contribution in [0.5, 0.6) is 5.75 Å². The third-order valence-electron chi connectivity index (χ3n) is 2.09. The number of aliphatic hydroxyl groups is 1. The predicted molar refractivity (Wildman–Crippen MR) is 57.1 cm³/mol. The van der Waals surface area contributed by atoms with Crippen LogP contribution in [0.2, 0.25) is 10.0 Å². The molecule has 0 heterocycles. The fourth-order valence-corrected chi connectivity index (χ4v) is 1.72. The summed E-state index contributed by atoms with van der Waals surface area (Å²) in [5, 5.41) is 18.2. The third kappa shape index (κ3) is 3.16. The Bertz CT molecular complexity index is 425. The largest absolute Gasteiger partial charge is 0.506 e. The van der Waals surface area contributed by atoms with Crippen molar-refractivity contribution in [3.8, 4) is 5.75 Å². The average Bonchev–Trinajstić information content (AvgIpc) is 2.20. The molecule has 8 heteroatoms. The van der Waals surface area contributed by atoms with Crippen LogP contribution in [0.1, 0.15) is 11.6 Å². The first-order valence-electron chi connectivity index (χ1n) is 4.33. The van der Waals surface area contributed by atoms with Crippen molar-refractivity contribution in [1.29, 1.82) is 0 Å². The van der Waals surface area contributed by atoms with E-state index < -0.39 is 24.1 Å². The standard InChI is InChI=1S/C9H8Cl2F3NO2/c10-3-1-4(7(16)5(11)2-3)6(15)8(17)9(12,13)14/h1-2,6,8,16-17H,15H2/t6-,8-/m0/s1. The van der Waals surface area contributed by atoms with Crippen molar-refractivity contribution in [2.45, 2.75) is 18.3 Å². The van der Waals surface area contributed by atoms with Gasteiger partial charge in [-0.05, 0) is 12.1 Å². The van der Waals surface area contributed by atoms with Gasteiger partial charge in [0.05, 0.1) is 11.1 Å². The van der Waals surface area contributed by atoms with E-state index in [1.165, 1.54) is 0 Å². The summed E-state index contributed by atoms with van der Waals surface area (Å²) in [5.41, 5.74) is 4.85. The highest BCUT2D eigenvalue weighted by Crippen LogP contribution is 2.38. The van der Waals surface area contributed by atoms with Crippen LogP contribution in [0.3, 0.4) is 0 Å². The molecular weight excluding hydrogens is 282 g/mol. The quantitative estimate of drug-likeness (QED) is 0.784. The zero-order valence-electron chi connectivity index (χ0n) is 8.17. The predicted octanol–water partition coefficient (Wildman–Crippen LogP) is 2.62. The third-order valence-corrected chi connectivity index (χ3v) is 2.60. The Labute approximate surface area is 105 Å². The van der Waals surface area contributed by atoms with Crippen molar-refractivity contribution < 1.29 is 23.4 Å². The van der Waals surface area contributed by atoms with Crippen molar-refractivity contribution in [2.75, 3.05) is 0 Å². The van der Waals surface area contributed by atoms with E-state index in [0.717, 1.165) is 12.1 Å². The van der Waals surface area contributed by atoms with Crippen LogP contribution < -0.4 is 5.73 Å². The first kappa shape index (κ1) is 14.4. The van der Waals surface area contributed by atoms with Crippen LogP contribution >= 0.6 is 23.2 Å². The van der Waals surface area contributed by atoms with Crippen LogP contribution in [0.15, 0.2) is 12.1 Å². The van der Waals surface area contributed by atoms with Gasteiger partial charge >= 0.3 is 6.18 Å². The molecule has 0 aromatic heterocycles. The van der Waals surface area contributed by atoms with Gasteiger partial charge in [-0.2, -0.15) is 13.2 Å². The Hall–Kier alpha value is -0.690. The molecule has 0 fully saturated rings. The fraction of sp³-hybridized carbons (Fsp3) is 0.333. The van der Waals surface area contributed by atoms with Crippen molar-refractivity contribution in [3.63, 3.8) is 0 Å². The molecule has 0 saturated carbocycles. The van der Waals surface area contributed by atoms with E-state index in [1.807, 2.05) is 0 Å². The highest BCUT2D eigenvalue weighted by atomic mass is 35.5. The first-order valence-corrected chi connectivity index (χ1v) is 5.08. The molecule has 0 unspecified atom stereocenters. The Morgan fingerprint density at radius 3 is 2.24 bits per heavy atom. The second-order valence-corrected chi connectivity index (χ2v) is 4.18. The lowest BCUT2D eigenvalue weighted by atomic mass is 10.0. The van der Waals surface area contributed by atoms with Gasteiger partial charge in [-0.15, -0.1) is 0 Å². The second-order valence-electron chi connectivity index (χ2n) is 3.34. The maximum atomic E-state index is 12.2. The molecule has 0 saturated heterocycles. The Kier molecular flexibility index (Phi) is 4.14. The molecular formula is C9H8Cl2F3NO2. The molecule has 0 aliphatic carbocycles. The number of alkyl halides is 3. The van der Waals surface area contributed by atoms with E-state index in [4.69, 9.17) is 34.0 Å². The van der Waals surface area contributed by atoms with Gasteiger partial charge in [-0.25, -0.2) is 0 Å². The lowest BCUT2D eigenvalue weighted by Crippen LogP contribution is -2.38. The number of hydrogen-bond acceptors (Lipinski definition) is 3. The minimum Gasteiger partial charge on any atom is -0.506 e. The number of benzene rings is 1. The van der Waals surface area contributed by atoms with Crippen LogP contribution in [-0.2, 0) is 0 Å². The van der Waals surface area contributed by atoms with Gasteiger partial charge < -0.3 is 15.9 Å². The molecule has 4 N–H and O–H groups in total. The van der Waals surface area contributed by atoms with Gasteiger partial charge in [-0.3, -0.25) is 0 Å². The monoisotopic (exact) mass is 289 g/mol. The SMILES string of the molecule is N[C@@H](c1cc(Cl)cc(Cl)c1O)[C@H](O)C(F)(F)F. The number of aliphatic hydroxyl groups excluding tert-OH is 1. The summed E-state index contributed by atoms with van der Waals surface area (Å²) in [6.45, 7) is 0. The topological polar surface area (TPSA) is 66.5 Å². The van der Waals surface area contributed by atoms with Crippen molar-refractivity contribution >= 4 is 23.2 Å². The number of nitrogens with two attached hydrogens (primary N) is 1. The van der Waals surface area contributed by atoms with E-state index >= 15 is 0 Å². The van der Waals surface area contributed by atoms with E-state index in [1.54, 1.807) is 0 Å². The molecule has 2 atom stereocenters. The summed E-state index contributed by atoms with van der Waals surface area (Å²) in [5.74, 6) is -0.633. The molecule has 3 nitrogen and oxygen atoms in total. The summed E-state index contributed by atoms with van der Waals surface area (Å²) >= 11 is 11.1. The van der Waals surface area contributed by atoms with Crippen molar-refractivity contribution in [2.24, 2.45) is 5.73 Å². The number of halogens is 5. The van der Waals surface area contributed by atoms with Gasteiger partial charge in [0.15, 0.2) is 6.10 Å². The fourth-order valence-electron chi connectivity index (χ4n) is 1.21. The molecule has 0 amide bonds. The second kappa shape index (κ2) is 4.89. The van der Waals surface area contributed by atoms with E-state index in [-0.39, 0.29) is 15.6 Å². The lowest BCUT2D eigenvalue weighted by Gasteiger charge is -2.22. The molecule has 0 spiro atoms. The van der Waals surface area contributed by atoms with Crippen LogP contribution in [0.25, 0.3) is 0 Å². The average molecular weight is 290 g/mol. The van der Waals surface area contributed by atoms with Gasteiger partial charge in [0.25, 0.3) is 0 Å². The normalized spacial score (nSPS) is 15.7. The highest BCUT2D eigenvalue weighted by molar-refractivity contribution is 6.35. The minimum absolute atomic E-state index is 0.00706. The summed E-state index contributed by atoms with van der Waals surface area (Å²) in [6.07, 6.45) is -7.72. The summed E-state index contributed by atoms with van der Waals surface area (Å²) in [7, 11) is 0. The van der Waals surface area contributed by atoms with Crippen molar-refractivity contribution in [1.82, 2.24) is 0 Å². The maximum Gasteiger partial charge on any atom is 0.416 e. The molecule has 1 aromatic carbocycles. The van der Waals surface area contributed by atoms with E-state index in [0.29, 0.717) is 0 Å². The number of rotatable bonds is 2. The zero-order valence-corrected chi connectivity index (χ0v) is 9.68.